The van der Waals surface area contributed by atoms with Gasteiger partial charge in [0.15, 0.2) is 0 Å². The minimum Gasteiger partial charge on any atom is -0.346 e. The second-order valence-electron chi connectivity index (χ2n) is 4.13. The van der Waals surface area contributed by atoms with Gasteiger partial charge in [-0.1, -0.05) is 18.2 Å². The number of aromatic nitrogens is 1. The van der Waals surface area contributed by atoms with Gasteiger partial charge in [-0.25, -0.2) is 9.37 Å². The van der Waals surface area contributed by atoms with Gasteiger partial charge in [0, 0.05) is 17.5 Å². The van der Waals surface area contributed by atoms with Gasteiger partial charge < -0.3 is 11.1 Å². The maximum Gasteiger partial charge on any atom is 0.271 e. The Hall–Kier alpha value is -1.79. The van der Waals surface area contributed by atoms with Crippen LogP contribution in [0.2, 0.25) is 0 Å². The number of rotatable bonds is 4. The molecule has 0 aliphatic rings. The predicted molar refractivity (Wildman–Crippen MR) is 72.3 cm³/mol. The Morgan fingerprint density at radius 3 is 2.89 bits per heavy atom. The number of benzene rings is 1. The van der Waals surface area contributed by atoms with Crippen molar-refractivity contribution in [1.82, 2.24) is 10.3 Å². The maximum absolute atomic E-state index is 13.4. The average Bonchev–Trinajstić information content (AvgIpc) is 2.87. The lowest BCUT2D eigenvalue weighted by Gasteiger charge is -2.04. The molecule has 1 aromatic heterocycles. The van der Waals surface area contributed by atoms with Crippen LogP contribution in [0.25, 0.3) is 0 Å². The number of hydrogen-bond donors (Lipinski definition) is 2. The van der Waals surface area contributed by atoms with E-state index in [2.05, 4.69) is 10.3 Å². The van der Waals surface area contributed by atoms with Crippen LogP contribution in [0.15, 0.2) is 29.6 Å². The Morgan fingerprint density at radius 1 is 1.53 bits per heavy atom. The van der Waals surface area contributed by atoms with Crippen LogP contribution in [0.4, 0.5) is 4.39 Å². The van der Waals surface area contributed by atoms with Gasteiger partial charge in [-0.15, -0.1) is 11.3 Å². The molecule has 0 aliphatic heterocycles. The minimum atomic E-state index is -0.336. The van der Waals surface area contributed by atoms with Crippen LogP contribution in [0, 0.1) is 5.82 Å². The quantitative estimate of drug-likeness (QED) is 0.901. The van der Waals surface area contributed by atoms with Crippen LogP contribution in [-0.4, -0.2) is 10.9 Å². The van der Waals surface area contributed by atoms with E-state index >= 15 is 0 Å². The lowest BCUT2D eigenvalue weighted by molar-refractivity contribution is 0.0946. The van der Waals surface area contributed by atoms with Gasteiger partial charge >= 0.3 is 0 Å². The van der Waals surface area contributed by atoms with E-state index in [1.165, 1.54) is 17.4 Å². The highest BCUT2D eigenvalue weighted by atomic mass is 32.1. The fourth-order valence-electron chi connectivity index (χ4n) is 1.51. The molecule has 0 radical (unpaired) electrons. The Kier molecular flexibility index (Phi) is 4.24. The largest absolute Gasteiger partial charge is 0.346 e. The van der Waals surface area contributed by atoms with Crippen LogP contribution in [0.1, 0.15) is 34.0 Å². The summed E-state index contributed by atoms with van der Waals surface area (Å²) in [6.07, 6.45) is 0. The second kappa shape index (κ2) is 5.90. The first-order valence-electron chi connectivity index (χ1n) is 5.80. The highest BCUT2D eigenvalue weighted by Gasteiger charge is 2.12. The van der Waals surface area contributed by atoms with Crippen LogP contribution < -0.4 is 11.1 Å². The minimum absolute atomic E-state index is 0.135. The fraction of sp³-hybridized carbons (Fsp3) is 0.231. The van der Waals surface area contributed by atoms with Crippen molar-refractivity contribution in [3.05, 3.63) is 51.7 Å². The summed E-state index contributed by atoms with van der Waals surface area (Å²) in [6.45, 7) is 1.94. The summed E-state index contributed by atoms with van der Waals surface area (Å²) >= 11 is 1.34. The van der Waals surface area contributed by atoms with Crippen LogP contribution in [-0.2, 0) is 6.54 Å². The number of amides is 1. The van der Waals surface area contributed by atoms with Crippen molar-refractivity contribution in [2.24, 2.45) is 5.73 Å². The van der Waals surface area contributed by atoms with Gasteiger partial charge in [-0.2, -0.15) is 0 Å². The summed E-state index contributed by atoms with van der Waals surface area (Å²) in [6, 6.07) is 6.12. The number of nitrogens with two attached hydrogens (primary N) is 1. The second-order valence-corrected chi connectivity index (χ2v) is 5.02. The molecule has 19 heavy (non-hydrogen) atoms. The lowest BCUT2D eigenvalue weighted by Crippen LogP contribution is -2.23. The van der Waals surface area contributed by atoms with Crippen molar-refractivity contribution in [3.63, 3.8) is 0 Å². The SMILES string of the molecule is CC(N)c1nc(C(=O)NCc2ccccc2F)cs1. The molecule has 3 N–H and O–H groups in total. The molecule has 1 heterocycles. The summed E-state index contributed by atoms with van der Waals surface area (Å²) in [4.78, 5) is 16.0. The van der Waals surface area contributed by atoms with E-state index in [0.29, 0.717) is 16.3 Å². The Labute approximate surface area is 114 Å². The van der Waals surface area contributed by atoms with Crippen molar-refractivity contribution in [1.29, 1.82) is 0 Å². The summed E-state index contributed by atoms with van der Waals surface area (Å²) < 4.78 is 13.4. The molecule has 0 aliphatic carbocycles. The third kappa shape index (κ3) is 3.36. The van der Waals surface area contributed by atoms with E-state index in [4.69, 9.17) is 5.73 Å². The first kappa shape index (κ1) is 13.6. The molecule has 4 nitrogen and oxygen atoms in total. The summed E-state index contributed by atoms with van der Waals surface area (Å²) in [5, 5.41) is 4.99. The van der Waals surface area contributed by atoms with E-state index in [1.54, 1.807) is 30.5 Å². The lowest BCUT2D eigenvalue weighted by atomic mass is 10.2. The third-order valence-corrected chi connectivity index (χ3v) is 3.59. The molecule has 0 fully saturated rings. The van der Waals surface area contributed by atoms with Crippen molar-refractivity contribution in [3.8, 4) is 0 Å². The van der Waals surface area contributed by atoms with Gasteiger partial charge in [-0.3, -0.25) is 4.79 Å². The van der Waals surface area contributed by atoms with Gasteiger partial charge in [0.1, 0.15) is 16.5 Å². The average molecular weight is 279 g/mol. The number of halogens is 1. The molecule has 1 atom stereocenters. The first-order chi connectivity index (χ1) is 9.08. The molecule has 0 bridgehead atoms. The van der Waals surface area contributed by atoms with Crippen LogP contribution in [0.5, 0.6) is 0 Å². The Morgan fingerprint density at radius 2 is 2.26 bits per heavy atom. The van der Waals surface area contributed by atoms with Gasteiger partial charge in [0.25, 0.3) is 5.91 Å². The smallest absolute Gasteiger partial charge is 0.271 e. The zero-order valence-electron chi connectivity index (χ0n) is 10.4. The Balaban J connectivity index is 1.99. The van der Waals surface area contributed by atoms with Crippen molar-refractivity contribution >= 4 is 17.2 Å². The molecule has 0 saturated carbocycles. The van der Waals surface area contributed by atoms with Crippen molar-refractivity contribution in [2.45, 2.75) is 19.5 Å². The first-order valence-corrected chi connectivity index (χ1v) is 6.68. The monoisotopic (exact) mass is 279 g/mol. The van der Waals surface area contributed by atoms with Crippen molar-refractivity contribution < 1.29 is 9.18 Å². The number of nitrogens with one attached hydrogen (secondary N) is 1. The molecule has 6 heteroatoms. The molecular formula is C13H14FN3OS. The maximum atomic E-state index is 13.4. The van der Waals surface area contributed by atoms with E-state index in [9.17, 15) is 9.18 Å². The molecule has 1 aromatic carbocycles. The number of hydrogen-bond acceptors (Lipinski definition) is 4. The molecule has 100 valence electrons. The predicted octanol–water partition coefficient (Wildman–Crippen LogP) is 2.23. The molecule has 1 amide bonds. The summed E-state index contributed by atoms with van der Waals surface area (Å²) in [5.41, 5.74) is 6.44. The standard InChI is InChI=1S/C13H14FN3OS/c1-8(15)13-17-11(7-19-13)12(18)16-6-9-4-2-3-5-10(9)14/h2-5,7-8H,6,15H2,1H3,(H,16,18). The number of carbonyl (C=O) groups excluding carboxylic acids is 1. The van der Waals surface area contributed by atoms with Gasteiger partial charge in [0.2, 0.25) is 0 Å². The molecule has 0 spiro atoms. The topological polar surface area (TPSA) is 68.0 Å². The fourth-order valence-corrected chi connectivity index (χ4v) is 2.27. The highest BCUT2D eigenvalue weighted by Crippen LogP contribution is 2.15. The van der Waals surface area contributed by atoms with Crippen molar-refractivity contribution in [2.75, 3.05) is 0 Å². The number of thiazole rings is 1. The summed E-state index contributed by atoms with van der Waals surface area (Å²) in [7, 11) is 0. The van der Waals surface area contributed by atoms with E-state index in [1.807, 2.05) is 0 Å². The highest BCUT2D eigenvalue weighted by molar-refractivity contribution is 7.09. The van der Waals surface area contributed by atoms with Crippen LogP contribution >= 0.6 is 11.3 Å². The summed E-state index contributed by atoms with van der Waals surface area (Å²) in [5.74, 6) is -0.663. The molecule has 2 aromatic rings. The normalized spacial score (nSPS) is 12.2. The van der Waals surface area contributed by atoms with E-state index < -0.39 is 0 Å². The van der Waals surface area contributed by atoms with Gasteiger partial charge in [0.05, 0.1) is 6.04 Å². The zero-order valence-corrected chi connectivity index (χ0v) is 11.2. The number of nitrogens with zero attached hydrogens (tertiary/aromatic N) is 1. The number of carbonyl (C=O) groups is 1. The molecule has 2 rings (SSSR count). The zero-order chi connectivity index (χ0) is 13.8. The Bertz CT molecular complexity index is 583. The van der Waals surface area contributed by atoms with E-state index in [-0.39, 0.29) is 24.3 Å². The van der Waals surface area contributed by atoms with Crippen LogP contribution in [0.3, 0.4) is 0 Å². The molecule has 1 unspecified atom stereocenters. The van der Waals surface area contributed by atoms with E-state index in [0.717, 1.165) is 0 Å². The molecule has 0 saturated heterocycles. The third-order valence-electron chi connectivity index (χ3n) is 2.54. The molecular weight excluding hydrogens is 265 g/mol. The van der Waals surface area contributed by atoms with Gasteiger partial charge in [-0.05, 0) is 13.0 Å².